The zero-order valence-electron chi connectivity index (χ0n) is 31.9. The second kappa shape index (κ2) is 14.5. The van der Waals surface area contributed by atoms with Crippen LogP contribution in [0, 0.1) is 5.41 Å². The van der Waals surface area contributed by atoms with Crippen LogP contribution < -0.4 is 0 Å². The Bertz CT molecular complexity index is 2500. The number of sulfonamides is 2. The van der Waals surface area contributed by atoms with Gasteiger partial charge in [0.05, 0.1) is 27.9 Å². The quantitative estimate of drug-likeness (QED) is 0.135. The number of aliphatic imine (C=N–C) groups is 1. The Kier molecular flexibility index (Phi) is 9.92. The average Bonchev–Trinajstić information content (AvgIpc) is 3.84. The van der Waals surface area contributed by atoms with Gasteiger partial charge in [0.15, 0.2) is 0 Å². The van der Waals surface area contributed by atoms with E-state index in [2.05, 4.69) is 20.8 Å². The van der Waals surface area contributed by atoms with Crippen molar-refractivity contribution in [3.8, 4) is 0 Å². The number of rotatable bonds is 9. The summed E-state index contributed by atoms with van der Waals surface area (Å²) in [6.07, 6.45) is 0. The van der Waals surface area contributed by atoms with Gasteiger partial charge >= 0.3 is 0 Å². The van der Waals surface area contributed by atoms with Gasteiger partial charge in [-0.15, -0.1) is 8.15 Å². The molecule has 1 fully saturated rings. The molecule has 0 bridgehead atoms. The lowest BCUT2D eigenvalue weighted by Crippen LogP contribution is -2.38. The molecule has 0 aliphatic carbocycles. The van der Waals surface area contributed by atoms with Crippen LogP contribution in [0.2, 0.25) is 0 Å². The molecule has 6 aromatic carbocycles. The molecule has 2 aliphatic rings. The predicted octanol–water partition coefficient (Wildman–Crippen LogP) is 10.0. The van der Waals surface area contributed by atoms with Crippen LogP contribution in [0.4, 0.5) is 0 Å². The lowest BCUT2D eigenvalue weighted by molar-refractivity contribution is 0.146. The second-order valence-corrected chi connectivity index (χ2v) is 21.4. The largest absolute Gasteiger partial charge is 0.477 e. The van der Waals surface area contributed by atoms with E-state index < -0.39 is 46.2 Å². The van der Waals surface area contributed by atoms with Crippen molar-refractivity contribution in [3.63, 3.8) is 0 Å². The highest BCUT2D eigenvalue weighted by Gasteiger charge is 2.62. The second-order valence-electron chi connectivity index (χ2n) is 15.7. The van der Waals surface area contributed by atoms with Gasteiger partial charge in [0.25, 0.3) is 20.0 Å². The first kappa shape index (κ1) is 38.4. The van der Waals surface area contributed by atoms with E-state index in [0.717, 1.165) is 10.8 Å². The van der Waals surface area contributed by atoms with Gasteiger partial charge in [-0.1, -0.05) is 154 Å². The van der Waals surface area contributed by atoms with Crippen LogP contribution in [0.15, 0.2) is 160 Å². The number of hydrogen-bond acceptors (Lipinski definition) is 7. The van der Waals surface area contributed by atoms with E-state index in [-0.39, 0.29) is 27.1 Å². The van der Waals surface area contributed by atoms with Crippen LogP contribution in [-0.2, 0) is 29.3 Å². The van der Waals surface area contributed by atoms with Gasteiger partial charge in [-0.25, -0.2) is 21.8 Å². The molecule has 0 saturated carbocycles. The van der Waals surface area contributed by atoms with Crippen molar-refractivity contribution in [1.29, 1.82) is 0 Å². The Labute approximate surface area is 330 Å². The van der Waals surface area contributed by atoms with E-state index in [9.17, 15) is 0 Å². The molecule has 6 aromatic rings. The van der Waals surface area contributed by atoms with Gasteiger partial charge in [-0.3, -0.25) is 0 Å². The Morgan fingerprint density at radius 1 is 0.589 bits per heavy atom. The molecule has 8 rings (SSSR count). The first-order valence-electron chi connectivity index (χ1n) is 18.5. The molecule has 0 N–H and O–H groups in total. The molecule has 1 saturated heterocycles. The van der Waals surface area contributed by atoms with Crippen LogP contribution in [0.25, 0.3) is 21.5 Å². The number of hydrogen-bond donors (Lipinski definition) is 0. The van der Waals surface area contributed by atoms with Crippen molar-refractivity contribution < 1.29 is 26.1 Å². The highest BCUT2D eigenvalue weighted by molar-refractivity contribution is 7.98. The van der Waals surface area contributed by atoms with Crippen molar-refractivity contribution in [3.05, 3.63) is 157 Å². The predicted molar refractivity (Wildman–Crippen MR) is 223 cm³/mol. The van der Waals surface area contributed by atoms with Crippen molar-refractivity contribution in [2.45, 2.75) is 68.1 Å². The molecular formula is C44H44N3O6PS2. The van der Waals surface area contributed by atoms with Crippen LogP contribution in [-0.4, -0.2) is 49.1 Å². The fourth-order valence-electron chi connectivity index (χ4n) is 7.46. The molecule has 3 atom stereocenters. The van der Waals surface area contributed by atoms with Gasteiger partial charge in [-0.05, 0) is 53.3 Å². The molecule has 0 radical (unpaired) electrons. The molecule has 288 valence electrons. The van der Waals surface area contributed by atoms with Crippen molar-refractivity contribution >= 4 is 55.9 Å². The minimum absolute atomic E-state index is 0.0453. The number of benzene rings is 6. The summed E-state index contributed by atoms with van der Waals surface area (Å²) in [7, 11) is -11.8. The van der Waals surface area contributed by atoms with E-state index in [1.54, 1.807) is 62.4 Å². The molecule has 0 amide bonds. The average molecular weight is 806 g/mol. The molecule has 0 aromatic heterocycles. The maximum atomic E-state index is 15.8. The Balaban J connectivity index is 1.44. The summed E-state index contributed by atoms with van der Waals surface area (Å²) < 4.78 is 79.2. The van der Waals surface area contributed by atoms with Crippen molar-refractivity contribution in [2.75, 3.05) is 6.61 Å². The summed E-state index contributed by atoms with van der Waals surface area (Å²) >= 11 is 0. The number of fused-ring (bicyclic) bond motifs is 2. The maximum absolute atomic E-state index is 15.8. The smallest absolute Gasteiger partial charge is 0.250 e. The van der Waals surface area contributed by atoms with Crippen molar-refractivity contribution in [2.24, 2.45) is 10.4 Å². The van der Waals surface area contributed by atoms with Gasteiger partial charge in [-0.2, -0.15) is 0 Å². The highest BCUT2D eigenvalue weighted by atomic mass is 32.2. The lowest BCUT2D eigenvalue weighted by Gasteiger charge is -2.35. The molecule has 9 nitrogen and oxygen atoms in total. The standard InChI is InChI=1S/C44H44N3O6PS2/c1-43(2,3)39-30-52-42(45-39)44(4,5)53-54-46(55(48,49)37-28-16-24-31-18-12-14-26-35(31)37)40(33-20-8-6-9-21-33)41(34-22-10-7-11-23-34)47(54)56(50,51)38-29-17-25-32-19-13-15-27-36(32)38/h6-29,39-41H,30H2,1-5H3/t39-,40-,41-/m1/s1. The van der Waals surface area contributed by atoms with E-state index in [0.29, 0.717) is 28.5 Å². The van der Waals surface area contributed by atoms with E-state index in [1.165, 1.54) is 8.15 Å². The van der Waals surface area contributed by atoms with Gasteiger partial charge in [0, 0.05) is 10.8 Å². The summed E-state index contributed by atoms with van der Waals surface area (Å²) in [4.78, 5) is 5.03. The van der Waals surface area contributed by atoms with Crippen molar-refractivity contribution in [1.82, 2.24) is 8.15 Å². The number of ether oxygens (including phenoxy) is 1. The molecular weight excluding hydrogens is 762 g/mol. The summed E-state index contributed by atoms with van der Waals surface area (Å²) in [5.41, 5.74) is -0.368. The third-order valence-electron chi connectivity index (χ3n) is 10.4. The monoisotopic (exact) mass is 805 g/mol. The third kappa shape index (κ3) is 6.74. The fourth-order valence-corrected chi connectivity index (χ4v) is 14.9. The van der Waals surface area contributed by atoms with Gasteiger partial charge in [0.1, 0.15) is 12.2 Å². The van der Waals surface area contributed by atoms with E-state index in [1.807, 2.05) is 97.1 Å². The zero-order valence-corrected chi connectivity index (χ0v) is 34.4. The molecule has 56 heavy (non-hydrogen) atoms. The maximum Gasteiger partial charge on any atom is 0.250 e. The summed E-state index contributed by atoms with van der Waals surface area (Å²) in [6.45, 7) is 10.1. The molecule has 0 unspecified atom stereocenters. The first-order chi connectivity index (χ1) is 26.7. The normalized spacial score (nSPS) is 20.4. The highest BCUT2D eigenvalue weighted by Crippen LogP contribution is 2.70. The SMILES string of the molecule is CC(C)(OP1N(S(=O)(=O)c2cccc3ccccc23)[C@H](c2ccccc2)[C@@H](c2ccccc2)N1S(=O)(=O)c1cccc2ccccc12)C1=N[C@@H](C(C)(C)C)CO1. The Morgan fingerprint density at radius 2 is 1.00 bits per heavy atom. The van der Waals surface area contributed by atoms with E-state index >= 15 is 16.8 Å². The van der Waals surface area contributed by atoms with Gasteiger partial charge < -0.3 is 9.26 Å². The Morgan fingerprint density at radius 3 is 1.43 bits per heavy atom. The van der Waals surface area contributed by atoms with Crippen LogP contribution >= 0.6 is 8.45 Å². The third-order valence-corrected chi connectivity index (χ3v) is 17.6. The van der Waals surface area contributed by atoms with Crippen LogP contribution in [0.3, 0.4) is 0 Å². The van der Waals surface area contributed by atoms with Crippen LogP contribution in [0.5, 0.6) is 0 Å². The van der Waals surface area contributed by atoms with E-state index in [4.69, 9.17) is 14.3 Å². The summed E-state index contributed by atoms with van der Waals surface area (Å²) in [5, 5.41) is 2.49. The summed E-state index contributed by atoms with van der Waals surface area (Å²) in [5.74, 6) is 0.282. The molecule has 12 heteroatoms. The Hall–Kier alpha value is -4.48. The fraction of sp³-hybridized carbons (Fsp3) is 0.250. The first-order valence-corrected chi connectivity index (χ1v) is 22.6. The topological polar surface area (TPSA) is 106 Å². The number of nitrogens with zero attached hydrogens (tertiary/aromatic N) is 3. The zero-order chi connectivity index (χ0) is 39.5. The molecule has 0 spiro atoms. The molecule has 2 aliphatic heterocycles. The molecule has 2 heterocycles. The lowest BCUT2D eigenvalue weighted by atomic mass is 9.88. The minimum atomic E-state index is -4.55. The summed E-state index contributed by atoms with van der Waals surface area (Å²) in [6, 6.07) is 41.0. The minimum Gasteiger partial charge on any atom is -0.477 e. The van der Waals surface area contributed by atoms with Gasteiger partial charge in [0.2, 0.25) is 14.3 Å². The van der Waals surface area contributed by atoms with Crippen LogP contribution in [0.1, 0.15) is 57.8 Å².